The Labute approximate surface area is 180 Å². The maximum absolute atomic E-state index is 14.0. The van der Waals surface area contributed by atoms with Crippen LogP contribution in [0.1, 0.15) is 56.4 Å². The van der Waals surface area contributed by atoms with Gasteiger partial charge in [-0.25, -0.2) is 4.67 Å². The second-order valence-corrected chi connectivity index (χ2v) is 12.1. The van der Waals surface area contributed by atoms with Gasteiger partial charge in [-0.1, -0.05) is 35.6 Å². The van der Waals surface area contributed by atoms with Gasteiger partial charge in [0, 0.05) is 13.1 Å². The molecule has 0 aromatic rings. The van der Waals surface area contributed by atoms with Gasteiger partial charge in [0.1, 0.15) is 0 Å². The topological polar surface area (TPSA) is 66.5 Å². The summed E-state index contributed by atoms with van der Waals surface area (Å²) in [6.07, 6.45) is 0. The van der Waals surface area contributed by atoms with E-state index in [9.17, 15) is 4.57 Å². The molecule has 8 heteroatoms. The van der Waals surface area contributed by atoms with Crippen LogP contribution >= 0.6 is 7.52 Å². The molecule has 0 bridgehead atoms. The molecule has 178 valence electrons. The lowest BCUT2D eigenvalue weighted by Crippen LogP contribution is -2.37. The minimum absolute atomic E-state index is 0. The van der Waals surface area contributed by atoms with Crippen LogP contribution in [0.4, 0.5) is 0 Å². The van der Waals surface area contributed by atoms with E-state index in [0.717, 1.165) is 0 Å². The molecule has 0 amide bonds. The molecule has 1 unspecified atom stereocenters. The van der Waals surface area contributed by atoms with Gasteiger partial charge in [-0.2, -0.15) is 0 Å². The first-order valence-electron chi connectivity index (χ1n) is 9.87. The molecule has 0 aliphatic carbocycles. The maximum atomic E-state index is 14.0. The molecule has 29 heavy (non-hydrogen) atoms. The zero-order chi connectivity index (χ0) is 20.4. The average molecular weight is 442 g/mol. The van der Waals surface area contributed by atoms with Crippen molar-refractivity contribution in [3.05, 3.63) is 0 Å². The van der Waals surface area contributed by atoms with E-state index in [4.69, 9.17) is 23.5 Å². The molecule has 0 saturated carbocycles. The average Bonchev–Trinajstić information content (AvgIpc) is 2.56. The van der Waals surface area contributed by atoms with Gasteiger partial charge in [0.15, 0.2) is 0 Å². The summed E-state index contributed by atoms with van der Waals surface area (Å²) < 4.78 is 44.2. The Kier molecular flexibility index (Phi) is 16.0. The van der Waals surface area contributed by atoms with Gasteiger partial charge in [-0.05, 0) is 26.2 Å². The zero-order valence-corrected chi connectivity index (χ0v) is 19.0. The van der Waals surface area contributed by atoms with Crippen molar-refractivity contribution in [3.8, 4) is 0 Å². The Balaban J connectivity index is 0. The van der Waals surface area contributed by atoms with Crippen molar-refractivity contribution in [1.82, 2.24) is 4.67 Å². The summed E-state index contributed by atoms with van der Waals surface area (Å²) in [4.78, 5) is 0. The predicted octanol–water partition coefficient (Wildman–Crippen LogP) is 4.69. The number of ether oxygens (including phenoxy) is 4. The van der Waals surface area contributed by atoms with Crippen molar-refractivity contribution in [2.45, 2.75) is 61.6 Å². The molecular formula is C21H48NO6P. The van der Waals surface area contributed by atoms with Crippen molar-refractivity contribution in [2.75, 3.05) is 72.6 Å². The number of rotatable bonds is 3. The van der Waals surface area contributed by atoms with Crippen LogP contribution in [-0.4, -0.2) is 82.4 Å². The van der Waals surface area contributed by atoms with Gasteiger partial charge in [0.25, 0.3) is 7.52 Å². The molecule has 1 atom stereocenters. The Morgan fingerprint density at radius 3 is 1.38 bits per heavy atom. The summed E-state index contributed by atoms with van der Waals surface area (Å²) in [5.41, 5.74) is -0.0660. The van der Waals surface area contributed by atoms with Gasteiger partial charge in [-0.3, -0.25) is 4.57 Å². The van der Waals surface area contributed by atoms with Gasteiger partial charge >= 0.3 is 0 Å². The predicted molar refractivity (Wildman–Crippen MR) is 121 cm³/mol. The molecule has 0 aromatic heterocycles. The van der Waals surface area contributed by atoms with Gasteiger partial charge in [0.2, 0.25) is 0 Å². The van der Waals surface area contributed by atoms with E-state index in [2.05, 4.69) is 20.8 Å². The minimum atomic E-state index is -3.10. The summed E-state index contributed by atoms with van der Waals surface area (Å²) in [6, 6.07) is 0. The summed E-state index contributed by atoms with van der Waals surface area (Å²) in [5, 5.41) is -0.507. The molecule has 1 rings (SSSR count). The van der Waals surface area contributed by atoms with Crippen molar-refractivity contribution < 1.29 is 28.0 Å². The SMILES string of the molecule is C.C.CC(C)(C)COP(=O)(N1CCOCCOCCOCCOCC1)C(C)(C)C. The number of hydrogen-bond donors (Lipinski definition) is 0. The number of nitrogens with zero attached hydrogens (tertiary/aromatic N) is 1. The van der Waals surface area contributed by atoms with Crippen LogP contribution in [0.2, 0.25) is 0 Å². The first kappa shape index (κ1) is 31.2. The van der Waals surface area contributed by atoms with E-state index in [0.29, 0.717) is 72.6 Å². The summed E-state index contributed by atoms with van der Waals surface area (Å²) in [7, 11) is -3.10. The highest BCUT2D eigenvalue weighted by Crippen LogP contribution is 2.61. The molecule has 1 heterocycles. The van der Waals surface area contributed by atoms with Crippen molar-refractivity contribution >= 4 is 7.52 Å². The van der Waals surface area contributed by atoms with E-state index in [1.165, 1.54) is 0 Å². The second kappa shape index (κ2) is 14.9. The van der Waals surface area contributed by atoms with Crippen LogP contribution in [-0.2, 0) is 28.0 Å². The Morgan fingerprint density at radius 2 is 1.07 bits per heavy atom. The van der Waals surface area contributed by atoms with Crippen LogP contribution in [0, 0.1) is 5.41 Å². The molecule has 1 saturated heterocycles. The summed E-state index contributed by atoms with van der Waals surface area (Å²) in [5.74, 6) is 0. The molecule has 0 spiro atoms. The fourth-order valence-corrected chi connectivity index (χ4v) is 5.11. The first-order valence-corrected chi connectivity index (χ1v) is 11.5. The van der Waals surface area contributed by atoms with Crippen LogP contribution in [0.25, 0.3) is 0 Å². The lowest BCUT2D eigenvalue weighted by molar-refractivity contribution is 0.00206. The second-order valence-electron chi connectivity index (χ2n) is 8.93. The minimum Gasteiger partial charge on any atom is -0.378 e. The van der Waals surface area contributed by atoms with E-state index < -0.39 is 12.7 Å². The Hall–Kier alpha value is -0.0100. The normalized spacial score (nSPS) is 21.6. The van der Waals surface area contributed by atoms with Gasteiger partial charge in [0.05, 0.1) is 64.6 Å². The molecule has 0 N–H and O–H groups in total. The summed E-state index contributed by atoms with van der Waals surface area (Å²) >= 11 is 0. The Bertz CT molecular complexity index is 431. The smallest absolute Gasteiger partial charge is 0.277 e. The zero-order valence-electron chi connectivity index (χ0n) is 18.1. The molecule has 1 aliphatic rings. The highest BCUT2D eigenvalue weighted by molar-refractivity contribution is 7.58. The van der Waals surface area contributed by atoms with E-state index >= 15 is 0 Å². The first-order chi connectivity index (χ1) is 12.6. The van der Waals surface area contributed by atoms with Crippen LogP contribution in [0.15, 0.2) is 0 Å². The molecule has 0 aromatic carbocycles. The lowest BCUT2D eigenvalue weighted by Gasteiger charge is -2.40. The van der Waals surface area contributed by atoms with E-state index in [1.807, 2.05) is 25.4 Å². The third-order valence-electron chi connectivity index (χ3n) is 4.00. The van der Waals surface area contributed by atoms with Crippen LogP contribution < -0.4 is 0 Å². The van der Waals surface area contributed by atoms with Gasteiger partial charge in [-0.15, -0.1) is 0 Å². The highest BCUT2D eigenvalue weighted by atomic mass is 31.2. The third kappa shape index (κ3) is 12.4. The largest absolute Gasteiger partial charge is 0.378 e. The molecule has 1 fully saturated rings. The fraction of sp³-hybridized carbons (Fsp3) is 1.00. The lowest BCUT2D eigenvalue weighted by atomic mass is 9.99. The van der Waals surface area contributed by atoms with Gasteiger partial charge < -0.3 is 23.5 Å². The molecule has 1 aliphatic heterocycles. The van der Waals surface area contributed by atoms with E-state index in [1.54, 1.807) is 0 Å². The van der Waals surface area contributed by atoms with Crippen LogP contribution in [0.3, 0.4) is 0 Å². The quantitative estimate of drug-likeness (QED) is 0.588. The van der Waals surface area contributed by atoms with Crippen molar-refractivity contribution in [2.24, 2.45) is 5.41 Å². The maximum Gasteiger partial charge on any atom is 0.277 e. The Morgan fingerprint density at radius 1 is 0.724 bits per heavy atom. The monoisotopic (exact) mass is 441 g/mol. The molecular weight excluding hydrogens is 393 g/mol. The molecule has 0 radical (unpaired) electrons. The third-order valence-corrected chi connectivity index (χ3v) is 7.32. The van der Waals surface area contributed by atoms with Crippen molar-refractivity contribution in [1.29, 1.82) is 0 Å². The molecule has 7 nitrogen and oxygen atoms in total. The highest BCUT2D eigenvalue weighted by Gasteiger charge is 2.44. The summed E-state index contributed by atoms with van der Waals surface area (Å²) in [6.45, 7) is 17.7. The fourth-order valence-electron chi connectivity index (χ4n) is 2.46. The van der Waals surface area contributed by atoms with Crippen LogP contribution in [0.5, 0.6) is 0 Å². The van der Waals surface area contributed by atoms with Crippen molar-refractivity contribution in [3.63, 3.8) is 0 Å². The standard InChI is InChI=1S/C19H40NO6P.2CH4/c1-18(2,3)17-26-27(21,19(4,5)6)20-7-9-22-11-13-24-15-16-25-14-12-23-10-8-20;;/h7-17H2,1-6H3;2*1H4. The van der Waals surface area contributed by atoms with E-state index in [-0.39, 0.29) is 20.3 Å². The number of hydrogen-bond acceptors (Lipinski definition) is 6.